The molecule has 1 saturated heterocycles. The molecule has 3 atom stereocenters. The number of ether oxygens (including phenoxy) is 3. The van der Waals surface area contributed by atoms with Gasteiger partial charge in [0.05, 0.1) is 31.4 Å². The minimum absolute atomic E-state index is 0.00829. The molecular weight excluding hydrogens is 616 g/mol. The molecule has 0 spiro atoms. The van der Waals surface area contributed by atoms with Crippen molar-refractivity contribution in [2.45, 2.75) is 30.4 Å². The number of benzene rings is 4. The van der Waals surface area contributed by atoms with E-state index in [-0.39, 0.29) is 30.2 Å². The van der Waals surface area contributed by atoms with Gasteiger partial charge in [-0.15, -0.1) is 0 Å². The number of nitrogens with zero attached hydrogens (tertiary/aromatic N) is 1. The lowest BCUT2D eigenvalue weighted by molar-refractivity contribution is -0.154. The molecule has 1 N–H and O–H groups in total. The Balaban J connectivity index is 1.36. The molecule has 0 aromatic heterocycles. The van der Waals surface area contributed by atoms with Crippen molar-refractivity contribution in [2.24, 2.45) is 0 Å². The standard InChI is InChI=1S/C37H34N2O7S/c1-44-29-18-19-30(45-2)27(22-29)21-28-23-47(43)36-32(38-31(40)20-24-12-6-3-7-13-24)35(41)39(36)33(28)37(42)46-34(25-14-8-4-9-15-25)26-16-10-5-11-17-26/h3-19,22,32,34,36H,20-21,23H2,1-2H3,(H,38,40)/t32?,36-,47?/m1/s1. The highest BCUT2D eigenvalue weighted by molar-refractivity contribution is 7.86. The summed E-state index contributed by atoms with van der Waals surface area (Å²) in [6.45, 7) is 0. The molecule has 0 radical (unpaired) electrons. The zero-order chi connectivity index (χ0) is 32.9. The fraction of sp³-hybridized carbons (Fsp3) is 0.216. The first-order valence-electron chi connectivity index (χ1n) is 15.1. The van der Waals surface area contributed by atoms with Gasteiger partial charge in [0, 0.05) is 17.7 Å². The van der Waals surface area contributed by atoms with Crippen LogP contribution in [0.2, 0.25) is 0 Å². The van der Waals surface area contributed by atoms with Crippen LogP contribution in [0.1, 0.15) is 28.4 Å². The van der Waals surface area contributed by atoms with Crippen LogP contribution in [0.15, 0.2) is 120 Å². The molecule has 10 heteroatoms. The fourth-order valence-corrected chi connectivity index (χ4v) is 7.67. The van der Waals surface area contributed by atoms with Gasteiger partial charge in [-0.3, -0.25) is 18.7 Å². The first-order valence-corrected chi connectivity index (χ1v) is 16.5. The topological polar surface area (TPSA) is 111 Å². The first-order chi connectivity index (χ1) is 22.9. The molecule has 0 bridgehead atoms. The molecule has 2 aliphatic heterocycles. The molecule has 0 saturated carbocycles. The lowest BCUT2D eigenvalue weighted by atomic mass is 9.97. The maximum atomic E-state index is 14.3. The number of rotatable bonds is 11. The first kappa shape index (κ1) is 31.7. The Morgan fingerprint density at radius 2 is 1.49 bits per heavy atom. The van der Waals surface area contributed by atoms with Crippen LogP contribution in [0, 0.1) is 0 Å². The summed E-state index contributed by atoms with van der Waals surface area (Å²) in [5.41, 5.74) is 3.45. The largest absolute Gasteiger partial charge is 0.497 e. The molecular formula is C37H34N2O7S. The Bertz CT molecular complexity index is 1790. The fourth-order valence-electron chi connectivity index (χ4n) is 5.98. The molecule has 2 unspecified atom stereocenters. The van der Waals surface area contributed by atoms with E-state index in [1.807, 2.05) is 91.0 Å². The predicted octanol–water partition coefficient (Wildman–Crippen LogP) is 4.49. The third-order valence-corrected chi connectivity index (χ3v) is 9.90. The second-order valence-electron chi connectivity index (χ2n) is 11.2. The molecule has 240 valence electrons. The quantitative estimate of drug-likeness (QED) is 0.188. The van der Waals surface area contributed by atoms with Crippen LogP contribution >= 0.6 is 0 Å². The van der Waals surface area contributed by atoms with Gasteiger partial charge >= 0.3 is 5.97 Å². The molecule has 2 heterocycles. The summed E-state index contributed by atoms with van der Waals surface area (Å²) in [5.74, 6) is -0.516. The van der Waals surface area contributed by atoms with Crippen molar-refractivity contribution >= 4 is 28.6 Å². The van der Waals surface area contributed by atoms with E-state index < -0.39 is 40.2 Å². The summed E-state index contributed by atoms with van der Waals surface area (Å²) in [6, 6.07) is 32.1. The molecule has 4 aromatic carbocycles. The van der Waals surface area contributed by atoms with Crippen LogP contribution < -0.4 is 14.8 Å². The number of hydrogen-bond donors (Lipinski definition) is 1. The highest BCUT2D eigenvalue weighted by Crippen LogP contribution is 2.39. The minimum Gasteiger partial charge on any atom is -0.497 e. The Morgan fingerprint density at radius 3 is 2.09 bits per heavy atom. The summed E-state index contributed by atoms with van der Waals surface area (Å²) in [7, 11) is 1.45. The lowest BCUT2D eigenvalue weighted by Gasteiger charge is -2.49. The van der Waals surface area contributed by atoms with Crippen molar-refractivity contribution in [3.63, 3.8) is 0 Å². The number of nitrogens with one attached hydrogen (secondary N) is 1. The van der Waals surface area contributed by atoms with Crippen LogP contribution in [-0.4, -0.2) is 58.3 Å². The predicted molar refractivity (Wildman–Crippen MR) is 177 cm³/mol. The SMILES string of the molecule is COc1ccc(OC)c(CC2=C(C(=O)OC(c3ccccc3)c3ccccc3)N3C(=O)C(NC(=O)Cc4ccccc4)[C@H]3S(=O)C2)c1. The van der Waals surface area contributed by atoms with E-state index in [9.17, 15) is 18.6 Å². The Kier molecular flexibility index (Phi) is 9.49. The molecule has 4 aromatic rings. The zero-order valence-electron chi connectivity index (χ0n) is 26.0. The van der Waals surface area contributed by atoms with Gasteiger partial charge in [-0.2, -0.15) is 0 Å². The summed E-state index contributed by atoms with van der Waals surface area (Å²) in [4.78, 5) is 42.3. The second kappa shape index (κ2) is 14.0. The summed E-state index contributed by atoms with van der Waals surface area (Å²) in [6.07, 6.45) is -0.557. The molecule has 0 aliphatic carbocycles. The average Bonchev–Trinajstić information content (AvgIpc) is 3.10. The average molecular weight is 651 g/mol. The van der Waals surface area contributed by atoms with E-state index in [0.717, 1.165) is 16.7 Å². The van der Waals surface area contributed by atoms with Gasteiger partial charge in [0.2, 0.25) is 5.91 Å². The van der Waals surface area contributed by atoms with Gasteiger partial charge in [0.25, 0.3) is 5.91 Å². The van der Waals surface area contributed by atoms with Gasteiger partial charge in [0.1, 0.15) is 28.6 Å². The number of esters is 1. The Labute approximate surface area is 275 Å². The van der Waals surface area contributed by atoms with Crippen LogP contribution in [0.3, 0.4) is 0 Å². The third-order valence-electron chi connectivity index (χ3n) is 8.24. The van der Waals surface area contributed by atoms with Gasteiger partial charge < -0.3 is 19.5 Å². The number of carbonyl (C=O) groups is 3. The van der Waals surface area contributed by atoms with Crippen molar-refractivity contribution in [1.82, 2.24) is 10.2 Å². The number of hydrogen-bond acceptors (Lipinski definition) is 7. The number of fused-ring (bicyclic) bond motifs is 1. The van der Waals surface area contributed by atoms with E-state index in [0.29, 0.717) is 22.6 Å². The Morgan fingerprint density at radius 1 is 0.872 bits per heavy atom. The molecule has 2 aliphatic rings. The molecule has 1 fully saturated rings. The third kappa shape index (κ3) is 6.69. The van der Waals surface area contributed by atoms with Gasteiger partial charge in [0.15, 0.2) is 6.10 Å². The van der Waals surface area contributed by atoms with E-state index in [2.05, 4.69) is 5.32 Å². The molecule has 47 heavy (non-hydrogen) atoms. The summed E-state index contributed by atoms with van der Waals surface area (Å²) >= 11 is 0. The molecule has 2 amide bonds. The summed E-state index contributed by atoms with van der Waals surface area (Å²) in [5, 5.41) is 1.84. The van der Waals surface area contributed by atoms with Gasteiger partial charge in [-0.25, -0.2) is 4.79 Å². The van der Waals surface area contributed by atoms with E-state index in [1.165, 1.54) is 12.0 Å². The van der Waals surface area contributed by atoms with Gasteiger partial charge in [-0.05, 0) is 40.5 Å². The van der Waals surface area contributed by atoms with Crippen molar-refractivity contribution in [3.05, 3.63) is 143 Å². The normalized spacial score (nSPS) is 18.7. The summed E-state index contributed by atoms with van der Waals surface area (Å²) < 4.78 is 31.0. The monoisotopic (exact) mass is 650 g/mol. The minimum atomic E-state index is -1.63. The van der Waals surface area contributed by atoms with Crippen molar-refractivity contribution in [1.29, 1.82) is 0 Å². The molecule has 9 nitrogen and oxygen atoms in total. The Hall–Kier alpha value is -5.22. The van der Waals surface area contributed by atoms with Crippen molar-refractivity contribution in [3.8, 4) is 11.5 Å². The number of amides is 2. The molecule has 6 rings (SSSR count). The van der Waals surface area contributed by atoms with Crippen LogP contribution in [0.4, 0.5) is 0 Å². The highest BCUT2D eigenvalue weighted by Gasteiger charge is 2.57. The zero-order valence-corrected chi connectivity index (χ0v) is 26.8. The number of methoxy groups -OCH3 is 2. The maximum Gasteiger partial charge on any atom is 0.356 e. The van der Waals surface area contributed by atoms with Gasteiger partial charge in [-0.1, -0.05) is 91.0 Å². The van der Waals surface area contributed by atoms with Crippen molar-refractivity contribution in [2.75, 3.05) is 20.0 Å². The van der Waals surface area contributed by atoms with Crippen LogP contribution in [0.25, 0.3) is 0 Å². The number of β-lactam (4-membered cyclic amide) rings is 1. The van der Waals surface area contributed by atoms with E-state index >= 15 is 0 Å². The highest BCUT2D eigenvalue weighted by atomic mass is 32.2. The number of carbonyl (C=O) groups excluding carboxylic acids is 3. The maximum absolute atomic E-state index is 14.3. The van der Waals surface area contributed by atoms with Crippen LogP contribution in [-0.2, 0) is 42.8 Å². The van der Waals surface area contributed by atoms with E-state index in [1.54, 1.807) is 25.3 Å². The smallest absolute Gasteiger partial charge is 0.356 e. The lowest BCUT2D eigenvalue weighted by Crippen LogP contribution is -2.73. The van der Waals surface area contributed by atoms with E-state index in [4.69, 9.17) is 14.2 Å². The second-order valence-corrected chi connectivity index (χ2v) is 12.8. The van der Waals surface area contributed by atoms with Crippen molar-refractivity contribution < 1.29 is 32.8 Å². The van der Waals surface area contributed by atoms with Crippen LogP contribution in [0.5, 0.6) is 11.5 Å².